The number of ether oxygens (including phenoxy) is 2. The SMILES string of the molecule is C#CC(c1ccc(OCC)cc1)c1ccc(N2CCOCC2)cc1. The summed E-state index contributed by atoms with van der Waals surface area (Å²) in [6.07, 6.45) is 5.81. The van der Waals surface area contributed by atoms with Gasteiger partial charge in [0.1, 0.15) is 5.75 Å². The van der Waals surface area contributed by atoms with Gasteiger partial charge in [0.2, 0.25) is 0 Å². The van der Waals surface area contributed by atoms with Crippen LogP contribution >= 0.6 is 0 Å². The van der Waals surface area contributed by atoms with Crippen LogP contribution in [-0.2, 0) is 4.74 Å². The third-order valence-corrected chi connectivity index (χ3v) is 4.29. The number of rotatable bonds is 5. The van der Waals surface area contributed by atoms with Gasteiger partial charge in [-0.3, -0.25) is 0 Å². The molecule has 3 rings (SSSR count). The predicted molar refractivity (Wildman–Crippen MR) is 97.8 cm³/mol. The minimum absolute atomic E-state index is 0.0422. The molecule has 3 heteroatoms. The van der Waals surface area contributed by atoms with Gasteiger partial charge in [-0.1, -0.05) is 30.2 Å². The van der Waals surface area contributed by atoms with Crippen LogP contribution in [-0.4, -0.2) is 32.9 Å². The summed E-state index contributed by atoms with van der Waals surface area (Å²) in [5.41, 5.74) is 3.48. The molecule has 124 valence electrons. The van der Waals surface area contributed by atoms with Gasteiger partial charge in [0, 0.05) is 18.8 Å². The van der Waals surface area contributed by atoms with Gasteiger partial charge in [-0.05, 0) is 42.3 Å². The average molecular weight is 321 g/mol. The maximum Gasteiger partial charge on any atom is 0.119 e. The minimum atomic E-state index is -0.0422. The zero-order valence-electron chi connectivity index (χ0n) is 14.1. The molecule has 1 fully saturated rings. The summed E-state index contributed by atoms with van der Waals surface area (Å²) in [4.78, 5) is 2.34. The summed E-state index contributed by atoms with van der Waals surface area (Å²) >= 11 is 0. The monoisotopic (exact) mass is 321 g/mol. The Bertz CT molecular complexity index is 679. The molecule has 24 heavy (non-hydrogen) atoms. The molecule has 0 N–H and O–H groups in total. The van der Waals surface area contributed by atoms with Crippen molar-refractivity contribution in [2.75, 3.05) is 37.8 Å². The first-order chi connectivity index (χ1) is 11.8. The molecule has 0 spiro atoms. The van der Waals surface area contributed by atoms with Crippen molar-refractivity contribution in [3.63, 3.8) is 0 Å². The van der Waals surface area contributed by atoms with Crippen molar-refractivity contribution in [3.8, 4) is 18.1 Å². The standard InChI is InChI=1S/C21H23NO2/c1-3-21(18-7-11-20(12-8-18)24-4-2)17-5-9-19(10-6-17)22-13-15-23-16-14-22/h1,5-12,21H,4,13-16H2,2H3. The highest BCUT2D eigenvalue weighted by atomic mass is 16.5. The molecule has 0 amide bonds. The van der Waals surface area contributed by atoms with Gasteiger partial charge in [-0.15, -0.1) is 6.42 Å². The van der Waals surface area contributed by atoms with Crippen LogP contribution in [0.3, 0.4) is 0 Å². The van der Waals surface area contributed by atoms with E-state index in [9.17, 15) is 0 Å². The van der Waals surface area contributed by atoms with Crippen LogP contribution in [0.4, 0.5) is 5.69 Å². The fourth-order valence-corrected chi connectivity index (χ4v) is 3.01. The van der Waals surface area contributed by atoms with Crippen LogP contribution < -0.4 is 9.64 Å². The highest BCUT2D eigenvalue weighted by molar-refractivity contribution is 5.51. The maximum atomic E-state index is 5.81. The molecule has 0 radical (unpaired) electrons. The summed E-state index contributed by atoms with van der Waals surface area (Å²) < 4.78 is 10.9. The molecule has 1 unspecified atom stereocenters. The Hall–Kier alpha value is -2.44. The number of hydrogen-bond acceptors (Lipinski definition) is 3. The summed E-state index contributed by atoms with van der Waals surface area (Å²) in [6, 6.07) is 16.6. The molecule has 3 nitrogen and oxygen atoms in total. The van der Waals surface area contributed by atoms with Crippen molar-refractivity contribution in [1.29, 1.82) is 0 Å². The first-order valence-electron chi connectivity index (χ1n) is 8.43. The van der Waals surface area contributed by atoms with Crippen LogP contribution in [0, 0.1) is 12.3 Å². The minimum Gasteiger partial charge on any atom is -0.494 e. The van der Waals surface area contributed by atoms with E-state index < -0.39 is 0 Å². The largest absolute Gasteiger partial charge is 0.494 e. The van der Waals surface area contributed by atoms with Gasteiger partial charge in [-0.25, -0.2) is 0 Å². The van der Waals surface area contributed by atoms with Crippen molar-refractivity contribution >= 4 is 5.69 Å². The quantitative estimate of drug-likeness (QED) is 0.784. The summed E-state index contributed by atoms with van der Waals surface area (Å²) in [5.74, 6) is 3.74. The second-order valence-corrected chi connectivity index (χ2v) is 5.79. The Morgan fingerprint density at radius 3 is 2.17 bits per heavy atom. The third-order valence-electron chi connectivity index (χ3n) is 4.29. The lowest BCUT2D eigenvalue weighted by atomic mass is 9.92. The number of benzene rings is 2. The fraction of sp³-hybridized carbons (Fsp3) is 0.333. The van der Waals surface area contributed by atoms with Crippen LogP contribution in [0.5, 0.6) is 5.75 Å². The lowest BCUT2D eigenvalue weighted by molar-refractivity contribution is 0.122. The molecule has 0 aliphatic carbocycles. The Labute approximate surface area is 144 Å². The van der Waals surface area contributed by atoms with Crippen LogP contribution in [0.15, 0.2) is 48.5 Å². The van der Waals surface area contributed by atoms with Crippen molar-refractivity contribution in [2.45, 2.75) is 12.8 Å². The highest BCUT2D eigenvalue weighted by Crippen LogP contribution is 2.27. The van der Waals surface area contributed by atoms with E-state index in [1.165, 1.54) is 5.69 Å². The lowest BCUT2D eigenvalue weighted by Gasteiger charge is -2.29. The lowest BCUT2D eigenvalue weighted by Crippen LogP contribution is -2.36. The zero-order valence-corrected chi connectivity index (χ0v) is 14.1. The highest BCUT2D eigenvalue weighted by Gasteiger charge is 2.14. The van der Waals surface area contributed by atoms with Gasteiger partial charge in [0.15, 0.2) is 0 Å². The molecule has 1 aliphatic heterocycles. The first kappa shape index (κ1) is 16.4. The van der Waals surface area contributed by atoms with E-state index in [1.54, 1.807) is 0 Å². The molecule has 1 heterocycles. The Kier molecular flexibility index (Phi) is 5.40. The maximum absolute atomic E-state index is 5.81. The zero-order chi connectivity index (χ0) is 16.8. The second kappa shape index (κ2) is 7.90. The molecule has 0 saturated carbocycles. The number of nitrogens with zero attached hydrogens (tertiary/aromatic N) is 1. The molecule has 1 saturated heterocycles. The van der Waals surface area contributed by atoms with Crippen molar-refractivity contribution in [3.05, 3.63) is 59.7 Å². The number of anilines is 1. The second-order valence-electron chi connectivity index (χ2n) is 5.79. The fourth-order valence-electron chi connectivity index (χ4n) is 3.01. The van der Waals surface area contributed by atoms with E-state index in [1.807, 2.05) is 31.2 Å². The first-order valence-corrected chi connectivity index (χ1v) is 8.43. The average Bonchev–Trinajstić information content (AvgIpc) is 2.65. The number of hydrogen-bond donors (Lipinski definition) is 0. The Morgan fingerprint density at radius 1 is 1.04 bits per heavy atom. The van der Waals surface area contributed by atoms with E-state index in [4.69, 9.17) is 15.9 Å². The van der Waals surface area contributed by atoms with Gasteiger partial charge < -0.3 is 14.4 Å². The van der Waals surface area contributed by atoms with E-state index in [-0.39, 0.29) is 5.92 Å². The van der Waals surface area contributed by atoms with Crippen molar-refractivity contribution in [2.24, 2.45) is 0 Å². The summed E-state index contributed by atoms with van der Waals surface area (Å²) in [7, 11) is 0. The van der Waals surface area contributed by atoms with Crippen molar-refractivity contribution < 1.29 is 9.47 Å². The topological polar surface area (TPSA) is 21.7 Å². The number of morpholine rings is 1. The van der Waals surface area contributed by atoms with Gasteiger partial charge in [-0.2, -0.15) is 0 Å². The van der Waals surface area contributed by atoms with E-state index in [2.05, 4.69) is 35.1 Å². The summed E-state index contributed by atoms with van der Waals surface area (Å²) in [6.45, 7) is 6.12. The van der Waals surface area contributed by atoms with Gasteiger partial charge in [0.05, 0.1) is 25.7 Å². The normalized spacial score (nSPS) is 15.6. The smallest absolute Gasteiger partial charge is 0.119 e. The van der Waals surface area contributed by atoms with Gasteiger partial charge >= 0.3 is 0 Å². The van der Waals surface area contributed by atoms with Crippen LogP contribution in [0.2, 0.25) is 0 Å². The van der Waals surface area contributed by atoms with Crippen LogP contribution in [0.1, 0.15) is 24.0 Å². The molecular weight excluding hydrogens is 298 g/mol. The molecule has 2 aromatic rings. The van der Waals surface area contributed by atoms with Crippen molar-refractivity contribution in [1.82, 2.24) is 0 Å². The molecular formula is C21H23NO2. The Morgan fingerprint density at radius 2 is 1.62 bits per heavy atom. The molecule has 2 aromatic carbocycles. The van der Waals surface area contributed by atoms with Gasteiger partial charge in [0.25, 0.3) is 0 Å². The number of terminal acetylenes is 1. The molecule has 1 atom stereocenters. The van der Waals surface area contributed by atoms with E-state index in [0.717, 1.165) is 43.2 Å². The van der Waals surface area contributed by atoms with E-state index in [0.29, 0.717) is 6.61 Å². The molecule has 1 aliphatic rings. The van der Waals surface area contributed by atoms with Crippen LogP contribution in [0.25, 0.3) is 0 Å². The summed E-state index contributed by atoms with van der Waals surface area (Å²) in [5, 5.41) is 0. The third kappa shape index (κ3) is 3.72. The molecule has 0 aromatic heterocycles. The Balaban J connectivity index is 1.76. The molecule has 0 bridgehead atoms. The van der Waals surface area contributed by atoms with E-state index >= 15 is 0 Å². The predicted octanol–water partition coefficient (Wildman–Crippen LogP) is 3.69.